The molecule has 2 heteroatoms. The third kappa shape index (κ3) is 2.88. The maximum absolute atomic E-state index is 11.1. The average Bonchev–Trinajstić information content (AvgIpc) is 2.39. The Labute approximate surface area is 106 Å². The second-order valence-corrected chi connectivity index (χ2v) is 3.78. The first-order valence-corrected chi connectivity index (χ1v) is 5.88. The van der Waals surface area contributed by atoms with Crippen LogP contribution in [0.25, 0.3) is 16.8 Å². The van der Waals surface area contributed by atoms with Crippen molar-refractivity contribution in [2.75, 3.05) is 6.61 Å². The summed E-state index contributed by atoms with van der Waals surface area (Å²) in [6, 6.07) is 14.1. The zero-order chi connectivity index (χ0) is 12.8. The molecule has 0 atom stereocenters. The van der Waals surface area contributed by atoms with Crippen LogP contribution in [0, 0.1) is 0 Å². The molecule has 0 saturated heterocycles. The van der Waals surface area contributed by atoms with E-state index >= 15 is 0 Å². The van der Waals surface area contributed by atoms with Crippen molar-refractivity contribution in [2.45, 2.75) is 6.92 Å². The number of hydrogen-bond acceptors (Lipinski definition) is 2. The van der Waals surface area contributed by atoms with Crippen molar-refractivity contribution in [3.05, 3.63) is 59.8 Å². The molecule has 0 spiro atoms. The minimum absolute atomic E-state index is 0.367. The van der Waals surface area contributed by atoms with Gasteiger partial charge in [-0.15, -0.1) is 5.73 Å². The third-order valence-corrected chi connectivity index (χ3v) is 2.55. The van der Waals surface area contributed by atoms with Crippen molar-refractivity contribution in [2.24, 2.45) is 0 Å². The van der Waals surface area contributed by atoms with Gasteiger partial charge >= 0.3 is 5.97 Å². The van der Waals surface area contributed by atoms with Gasteiger partial charge in [-0.3, -0.25) is 0 Å². The molecule has 2 aromatic rings. The summed E-state index contributed by atoms with van der Waals surface area (Å²) < 4.78 is 4.79. The van der Waals surface area contributed by atoms with E-state index in [-0.39, 0.29) is 5.97 Å². The minimum Gasteiger partial charge on any atom is -0.462 e. The van der Waals surface area contributed by atoms with Gasteiger partial charge in [0.25, 0.3) is 0 Å². The van der Waals surface area contributed by atoms with E-state index in [0.29, 0.717) is 6.61 Å². The van der Waals surface area contributed by atoms with Crippen LogP contribution in [-0.4, -0.2) is 12.6 Å². The summed E-state index contributed by atoms with van der Waals surface area (Å²) >= 11 is 0. The molecular formula is C16H14O2. The summed E-state index contributed by atoms with van der Waals surface area (Å²) in [6.07, 6.45) is 3.10. The van der Waals surface area contributed by atoms with Crippen LogP contribution >= 0.6 is 0 Å². The van der Waals surface area contributed by atoms with Gasteiger partial charge in [0.1, 0.15) is 0 Å². The van der Waals surface area contributed by atoms with Gasteiger partial charge in [0.2, 0.25) is 0 Å². The van der Waals surface area contributed by atoms with Gasteiger partial charge < -0.3 is 4.74 Å². The van der Waals surface area contributed by atoms with Crippen molar-refractivity contribution in [3.8, 4) is 0 Å². The smallest absolute Gasteiger partial charge is 0.338 e. The summed E-state index contributed by atoms with van der Waals surface area (Å²) in [5.41, 5.74) is 3.89. The first-order chi connectivity index (χ1) is 8.81. The Morgan fingerprint density at radius 2 is 2.00 bits per heavy atom. The number of carbonyl (C=O) groups is 1. The van der Waals surface area contributed by atoms with Gasteiger partial charge in [0, 0.05) is 0 Å². The maximum Gasteiger partial charge on any atom is 0.338 e. The van der Waals surface area contributed by atoms with Gasteiger partial charge in [-0.05, 0) is 29.3 Å². The van der Waals surface area contributed by atoms with Crippen LogP contribution in [0.15, 0.2) is 54.3 Å². The fraction of sp³-hybridized carbons (Fsp3) is 0.125. The summed E-state index contributed by atoms with van der Waals surface area (Å²) in [7, 11) is 0. The predicted octanol–water partition coefficient (Wildman–Crippen LogP) is 3.57. The molecule has 0 aliphatic rings. The molecule has 2 aromatic carbocycles. The van der Waals surface area contributed by atoms with Crippen molar-refractivity contribution in [1.82, 2.24) is 0 Å². The molecule has 0 aliphatic heterocycles. The number of benzene rings is 2. The Morgan fingerprint density at radius 1 is 1.22 bits per heavy atom. The number of esters is 1. The Hall–Kier alpha value is -2.31. The zero-order valence-corrected chi connectivity index (χ0v) is 10.2. The van der Waals surface area contributed by atoms with E-state index in [0.717, 1.165) is 10.9 Å². The van der Waals surface area contributed by atoms with Gasteiger partial charge in [0.15, 0.2) is 0 Å². The lowest BCUT2D eigenvalue weighted by molar-refractivity contribution is -0.137. The summed E-state index contributed by atoms with van der Waals surface area (Å²) in [4.78, 5) is 11.1. The number of hydrogen-bond donors (Lipinski definition) is 0. The highest BCUT2D eigenvalue weighted by molar-refractivity contribution is 5.91. The lowest BCUT2D eigenvalue weighted by Crippen LogP contribution is -1.97. The van der Waals surface area contributed by atoms with Crippen molar-refractivity contribution in [3.63, 3.8) is 0 Å². The number of fused-ring (bicyclic) bond motifs is 1. The molecule has 0 radical (unpaired) electrons. The van der Waals surface area contributed by atoms with Gasteiger partial charge in [-0.2, -0.15) is 0 Å². The van der Waals surface area contributed by atoms with Crippen LogP contribution < -0.4 is 0 Å². The molecule has 0 N–H and O–H groups in total. The van der Waals surface area contributed by atoms with E-state index in [1.54, 1.807) is 13.0 Å². The quantitative estimate of drug-likeness (QED) is 0.464. The van der Waals surface area contributed by atoms with Crippen LogP contribution in [0.4, 0.5) is 0 Å². The van der Waals surface area contributed by atoms with Crippen molar-refractivity contribution in [1.29, 1.82) is 0 Å². The molecule has 0 saturated carbocycles. The van der Waals surface area contributed by atoms with E-state index in [1.165, 1.54) is 11.5 Å². The first-order valence-electron chi connectivity index (χ1n) is 5.88. The van der Waals surface area contributed by atoms with E-state index in [1.807, 2.05) is 30.3 Å². The van der Waals surface area contributed by atoms with Crippen LogP contribution in [0.3, 0.4) is 0 Å². The largest absolute Gasteiger partial charge is 0.462 e. The molecule has 0 fully saturated rings. The SMILES string of the molecule is CCOC(=O)C=C=Cc1cccc2ccccc12. The molecule has 90 valence electrons. The Morgan fingerprint density at radius 3 is 2.83 bits per heavy atom. The Kier molecular flexibility index (Phi) is 3.95. The fourth-order valence-electron chi connectivity index (χ4n) is 1.76. The lowest BCUT2D eigenvalue weighted by Gasteiger charge is -2.00. The molecule has 0 amide bonds. The molecule has 0 heterocycles. The van der Waals surface area contributed by atoms with Crippen LogP contribution in [0.1, 0.15) is 12.5 Å². The molecule has 0 aromatic heterocycles. The summed E-state index contributed by atoms with van der Waals surface area (Å²) in [5.74, 6) is -0.367. The monoisotopic (exact) mass is 238 g/mol. The molecule has 18 heavy (non-hydrogen) atoms. The van der Waals surface area contributed by atoms with Crippen LogP contribution in [0.5, 0.6) is 0 Å². The summed E-state index contributed by atoms with van der Waals surface area (Å²) in [5, 5.41) is 2.31. The Bertz CT molecular complexity index is 615. The highest BCUT2D eigenvalue weighted by Gasteiger charge is 1.96. The van der Waals surface area contributed by atoms with Crippen LogP contribution in [0.2, 0.25) is 0 Å². The third-order valence-electron chi connectivity index (χ3n) is 2.55. The zero-order valence-electron chi connectivity index (χ0n) is 10.2. The van der Waals surface area contributed by atoms with E-state index in [2.05, 4.69) is 17.9 Å². The predicted molar refractivity (Wildman–Crippen MR) is 73.1 cm³/mol. The molecular weight excluding hydrogens is 224 g/mol. The van der Waals surface area contributed by atoms with Gasteiger partial charge in [-0.1, -0.05) is 42.5 Å². The van der Waals surface area contributed by atoms with Gasteiger partial charge in [-0.25, -0.2) is 4.79 Å². The number of carbonyl (C=O) groups excluding carboxylic acids is 1. The lowest BCUT2D eigenvalue weighted by atomic mass is 10.0. The van der Waals surface area contributed by atoms with Crippen molar-refractivity contribution < 1.29 is 9.53 Å². The average molecular weight is 238 g/mol. The molecule has 0 aliphatic carbocycles. The fourth-order valence-corrected chi connectivity index (χ4v) is 1.76. The second-order valence-electron chi connectivity index (χ2n) is 3.78. The van der Waals surface area contributed by atoms with E-state index in [9.17, 15) is 4.79 Å². The van der Waals surface area contributed by atoms with E-state index in [4.69, 9.17) is 4.74 Å². The summed E-state index contributed by atoms with van der Waals surface area (Å²) in [6.45, 7) is 2.16. The topological polar surface area (TPSA) is 26.3 Å². The number of ether oxygens (including phenoxy) is 1. The van der Waals surface area contributed by atoms with Crippen LogP contribution in [-0.2, 0) is 9.53 Å². The van der Waals surface area contributed by atoms with E-state index < -0.39 is 0 Å². The molecule has 2 nitrogen and oxygen atoms in total. The first kappa shape index (κ1) is 12.2. The maximum atomic E-state index is 11.1. The Balaban J connectivity index is 2.32. The van der Waals surface area contributed by atoms with Crippen molar-refractivity contribution >= 4 is 22.8 Å². The molecule has 0 bridgehead atoms. The minimum atomic E-state index is -0.367. The number of rotatable bonds is 3. The highest BCUT2D eigenvalue weighted by atomic mass is 16.5. The normalized spacial score (nSPS) is 9.61. The van der Waals surface area contributed by atoms with Gasteiger partial charge in [0.05, 0.1) is 12.7 Å². The molecule has 0 unspecified atom stereocenters. The highest BCUT2D eigenvalue weighted by Crippen LogP contribution is 2.19. The second kappa shape index (κ2) is 5.85. The molecule has 2 rings (SSSR count). The standard InChI is InChI=1S/C16H14O2/c1-2-18-16(17)12-6-10-14-9-5-8-13-7-3-4-11-15(13)14/h3-5,7-12H,2H2,1H3.